The molecule has 1 spiro atoms. The molecule has 0 amide bonds. The summed E-state index contributed by atoms with van der Waals surface area (Å²) < 4.78 is 6.40. The van der Waals surface area contributed by atoms with E-state index in [9.17, 15) is 15.3 Å². The van der Waals surface area contributed by atoms with Gasteiger partial charge in [0.25, 0.3) is 0 Å². The molecule has 4 heteroatoms. The van der Waals surface area contributed by atoms with Gasteiger partial charge in [0.2, 0.25) is 0 Å². The maximum Gasteiger partial charge on any atom is 0.155 e. The summed E-state index contributed by atoms with van der Waals surface area (Å²) in [6, 6.07) is 0. The minimum atomic E-state index is -0.649. The van der Waals surface area contributed by atoms with Gasteiger partial charge in [-0.3, -0.25) is 0 Å². The average Bonchev–Trinajstić information content (AvgIpc) is 3.54. The minimum absolute atomic E-state index is 0.0356. The summed E-state index contributed by atoms with van der Waals surface area (Å²) in [6.45, 7) is 4.88. The lowest BCUT2D eigenvalue weighted by molar-refractivity contribution is -0.247. The van der Waals surface area contributed by atoms with Crippen LogP contribution in [-0.4, -0.2) is 38.9 Å². The number of rotatable bonds is 0. The zero-order valence-electron chi connectivity index (χ0n) is 17.3. The largest absolute Gasteiger partial charge is 0.393 e. The lowest BCUT2D eigenvalue weighted by atomic mass is 9.42. The predicted molar refractivity (Wildman–Crippen MR) is 103 cm³/mol. The Morgan fingerprint density at radius 3 is 2.32 bits per heavy atom. The lowest BCUT2D eigenvalue weighted by Crippen LogP contribution is -2.65. The molecular weight excluding hydrogens is 352 g/mol. The van der Waals surface area contributed by atoms with Crippen molar-refractivity contribution in [2.45, 2.75) is 95.2 Å². The average molecular weight is 389 g/mol. The van der Waals surface area contributed by atoms with Crippen molar-refractivity contribution in [3.63, 3.8) is 0 Å². The molecule has 0 unspecified atom stereocenters. The van der Waals surface area contributed by atoms with Gasteiger partial charge in [0.15, 0.2) is 6.29 Å². The number of aliphatic hydroxyl groups excluding tert-OH is 2. The van der Waals surface area contributed by atoms with Crippen LogP contribution >= 0.6 is 0 Å². The summed E-state index contributed by atoms with van der Waals surface area (Å²) in [5, 5.41) is 32.5. The Labute approximate surface area is 168 Å². The fraction of sp³-hybridized carbons (Fsp3) is 1.00. The summed E-state index contributed by atoms with van der Waals surface area (Å²) in [4.78, 5) is 0. The van der Waals surface area contributed by atoms with Crippen LogP contribution < -0.4 is 0 Å². The summed E-state index contributed by atoms with van der Waals surface area (Å²) in [7, 11) is 0. The van der Waals surface area contributed by atoms with E-state index in [4.69, 9.17) is 4.74 Å². The number of hydrogen-bond acceptors (Lipinski definition) is 4. The van der Waals surface area contributed by atoms with Crippen molar-refractivity contribution in [2.75, 3.05) is 0 Å². The van der Waals surface area contributed by atoms with E-state index in [0.717, 1.165) is 37.5 Å². The molecule has 1 aliphatic heterocycles. The van der Waals surface area contributed by atoms with Crippen molar-refractivity contribution in [1.82, 2.24) is 0 Å². The van der Waals surface area contributed by atoms with Crippen molar-refractivity contribution in [2.24, 2.45) is 52.3 Å². The fourth-order valence-electron chi connectivity index (χ4n) is 10.7. The summed E-state index contributed by atoms with van der Waals surface area (Å²) >= 11 is 0. The highest BCUT2D eigenvalue weighted by Gasteiger charge is 2.82. The molecule has 1 heterocycles. The fourth-order valence-corrected chi connectivity index (χ4v) is 10.7. The molecule has 0 bridgehead atoms. The van der Waals surface area contributed by atoms with Crippen LogP contribution in [0.1, 0.15) is 71.6 Å². The van der Waals surface area contributed by atoms with Gasteiger partial charge in [0, 0.05) is 18.3 Å². The maximum absolute atomic E-state index is 11.9. The van der Waals surface area contributed by atoms with Gasteiger partial charge in [-0.2, -0.15) is 0 Å². The van der Waals surface area contributed by atoms with Gasteiger partial charge < -0.3 is 20.1 Å². The molecule has 1 saturated heterocycles. The quantitative estimate of drug-likeness (QED) is 0.596. The maximum atomic E-state index is 11.9. The second kappa shape index (κ2) is 4.84. The Balaban J connectivity index is 1.31. The van der Waals surface area contributed by atoms with Crippen molar-refractivity contribution in [1.29, 1.82) is 0 Å². The normalized spacial score (nSPS) is 71.2. The Kier molecular flexibility index (Phi) is 3.03. The van der Waals surface area contributed by atoms with Crippen LogP contribution in [0, 0.1) is 52.3 Å². The summed E-state index contributed by atoms with van der Waals surface area (Å²) in [6.07, 6.45) is 8.25. The molecule has 0 aromatic heterocycles. The first kappa shape index (κ1) is 17.5. The number of aliphatic hydroxyl groups is 3. The topological polar surface area (TPSA) is 69.9 Å². The molecule has 6 saturated carbocycles. The first-order valence-corrected chi connectivity index (χ1v) is 12.0. The van der Waals surface area contributed by atoms with Gasteiger partial charge >= 0.3 is 0 Å². The molecule has 4 nitrogen and oxygen atoms in total. The third-order valence-corrected chi connectivity index (χ3v) is 11.9. The highest BCUT2D eigenvalue weighted by atomic mass is 16.6. The molecule has 7 aliphatic rings. The van der Waals surface area contributed by atoms with Gasteiger partial charge in [0.1, 0.15) is 0 Å². The number of hydrogen-bond donors (Lipinski definition) is 3. The van der Waals surface area contributed by atoms with E-state index >= 15 is 0 Å². The first-order valence-electron chi connectivity index (χ1n) is 12.0. The molecule has 0 radical (unpaired) electrons. The van der Waals surface area contributed by atoms with E-state index < -0.39 is 11.9 Å². The van der Waals surface area contributed by atoms with Crippen LogP contribution in [0.25, 0.3) is 0 Å². The van der Waals surface area contributed by atoms with Gasteiger partial charge in [-0.25, -0.2) is 0 Å². The summed E-state index contributed by atoms with van der Waals surface area (Å²) in [5.41, 5.74) is -0.559. The van der Waals surface area contributed by atoms with E-state index in [1.54, 1.807) is 0 Å². The number of fused-ring (bicyclic) bond motifs is 12. The monoisotopic (exact) mass is 388 g/mol. The van der Waals surface area contributed by atoms with Crippen LogP contribution in [0.15, 0.2) is 0 Å². The zero-order valence-corrected chi connectivity index (χ0v) is 17.3. The zero-order chi connectivity index (χ0) is 19.3. The van der Waals surface area contributed by atoms with Crippen LogP contribution in [-0.2, 0) is 4.74 Å². The van der Waals surface area contributed by atoms with Crippen LogP contribution in [0.3, 0.4) is 0 Å². The molecule has 7 rings (SSSR count). The van der Waals surface area contributed by atoms with E-state index in [2.05, 4.69) is 13.8 Å². The highest BCUT2D eigenvalue weighted by Crippen LogP contribution is 2.83. The second-order valence-corrected chi connectivity index (χ2v) is 12.4. The third-order valence-electron chi connectivity index (χ3n) is 11.9. The molecule has 28 heavy (non-hydrogen) atoms. The number of ether oxygens (including phenoxy) is 1. The van der Waals surface area contributed by atoms with E-state index in [-0.39, 0.29) is 22.5 Å². The Morgan fingerprint density at radius 1 is 0.821 bits per heavy atom. The van der Waals surface area contributed by atoms with E-state index in [0.29, 0.717) is 36.0 Å². The van der Waals surface area contributed by atoms with Crippen molar-refractivity contribution >= 4 is 0 Å². The Morgan fingerprint density at radius 2 is 1.57 bits per heavy atom. The minimum Gasteiger partial charge on any atom is -0.393 e. The Hall–Kier alpha value is -0.160. The van der Waals surface area contributed by atoms with Crippen LogP contribution in [0.4, 0.5) is 0 Å². The molecule has 0 aromatic carbocycles. The Bertz CT molecular complexity index is 740. The second-order valence-electron chi connectivity index (χ2n) is 12.4. The molecule has 3 N–H and O–H groups in total. The summed E-state index contributed by atoms with van der Waals surface area (Å²) in [5.74, 6) is 4.53. The van der Waals surface area contributed by atoms with Crippen LogP contribution in [0.2, 0.25) is 0 Å². The van der Waals surface area contributed by atoms with Gasteiger partial charge in [-0.15, -0.1) is 0 Å². The molecular formula is C24H36O4. The SMILES string of the molecule is C[C@]12CC[C@H]3[C@@H]([C@H]4C[C@H]4[C@]4(O)C[C@@H](O)CC[C@]34C)[C@@H]1[C@@H]1C[C@@H]1[C@@]21CC[C@@H](O)O1. The van der Waals surface area contributed by atoms with Gasteiger partial charge in [0.05, 0.1) is 17.3 Å². The predicted octanol–water partition coefficient (Wildman–Crippen LogP) is 3.08. The van der Waals surface area contributed by atoms with Gasteiger partial charge in [-0.05, 0) is 91.8 Å². The van der Waals surface area contributed by atoms with Gasteiger partial charge in [-0.1, -0.05) is 13.8 Å². The standard InChI is InChI=1S/C24H36O4/c1-21-6-3-12(25)11-23(21,27)16-9-13(16)19-15(21)4-7-22(2)20(19)14-10-17(14)24(22)8-5-18(26)28-24/h12-20,25-27H,3-11H2,1-2H3/t12-,13-,14+,15-,16+,17-,18-,19+,20-,21+,22-,23+,24-/m0/s1. The first-order chi connectivity index (χ1) is 13.3. The molecule has 13 atom stereocenters. The smallest absolute Gasteiger partial charge is 0.155 e. The van der Waals surface area contributed by atoms with Crippen molar-refractivity contribution < 1.29 is 20.1 Å². The molecule has 7 fully saturated rings. The van der Waals surface area contributed by atoms with Crippen LogP contribution in [0.5, 0.6) is 0 Å². The highest BCUT2D eigenvalue weighted by molar-refractivity contribution is 5.30. The molecule has 156 valence electrons. The molecule has 6 aliphatic carbocycles. The van der Waals surface area contributed by atoms with E-state index in [1.807, 2.05) is 0 Å². The third kappa shape index (κ3) is 1.67. The van der Waals surface area contributed by atoms with Crippen molar-refractivity contribution in [3.8, 4) is 0 Å². The molecule has 0 aromatic rings. The van der Waals surface area contributed by atoms with Crippen molar-refractivity contribution in [3.05, 3.63) is 0 Å². The van der Waals surface area contributed by atoms with E-state index in [1.165, 1.54) is 25.7 Å². The lowest BCUT2D eigenvalue weighted by Gasteiger charge is -2.65.